The highest BCUT2D eigenvalue weighted by atomic mass is 15.1. The van der Waals surface area contributed by atoms with E-state index in [-0.39, 0.29) is 0 Å². The molecule has 2 atom stereocenters. The first-order valence-electron chi connectivity index (χ1n) is 4.66. The smallest absolute Gasteiger partial charge is 0.0610 e. The van der Waals surface area contributed by atoms with Gasteiger partial charge in [0.25, 0.3) is 0 Å². The van der Waals surface area contributed by atoms with Crippen LogP contribution >= 0.6 is 0 Å². The average Bonchev–Trinajstić information content (AvgIpc) is 2.72. The number of fused-ring (bicyclic) bond motifs is 2. The van der Waals surface area contributed by atoms with Gasteiger partial charge in [0.2, 0.25) is 0 Å². The lowest BCUT2D eigenvalue weighted by molar-refractivity contribution is 1.02. The van der Waals surface area contributed by atoms with Gasteiger partial charge in [0.05, 0.1) is 11.5 Å². The van der Waals surface area contributed by atoms with Gasteiger partial charge >= 0.3 is 0 Å². The van der Waals surface area contributed by atoms with E-state index in [0.717, 1.165) is 11.8 Å². The summed E-state index contributed by atoms with van der Waals surface area (Å²) in [6.45, 7) is 4.00. The molecule has 12 heavy (non-hydrogen) atoms. The second-order valence-electron chi connectivity index (χ2n) is 3.14. The molecule has 1 saturated carbocycles. The third-order valence-electron chi connectivity index (χ3n) is 2.37. The van der Waals surface area contributed by atoms with Crippen molar-refractivity contribution in [3.05, 3.63) is 16.8 Å². The standard InChI is InChI=1S/C8H8N2.C2H6/c1-5-2-7-4-9-10-8(7)3-6(1)5;1-2/h2-6,10H,1H2;1-2H3. The molecule has 1 aromatic heterocycles. The summed E-state index contributed by atoms with van der Waals surface area (Å²) >= 11 is 0. The molecule has 1 fully saturated rings. The van der Waals surface area contributed by atoms with Crippen LogP contribution in [0.25, 0.3) is 12.2 Å². The van der Waals surface area contributed by atoms with Crippen LogP contribution in [0.1, 0.15) is 20.3 Å². The van der Waals surface area contributed by atoms with Gasteiger partial charge in [-0.25, -0.2) is 0 Å². The summed E-state index contributed by atoms with van der Waals surface area (Å²) in [5, 5.41) is 9.46. The molecule has 3 rings (SSSR count). The van der Waals surface area contributed by atoms with E-state index in [0.29, 0.717) is 0 Å². The zero-order chi connectivity index (χ0) is 8.55. The normalized spacial score (nSPS) is 28.2. The number of hydrogen-bond donors (Lipinski definition) is 1. The lowest BCUT2D eigenvalue weighted by Crippen LogP contribution is -2.24. The highest BCUT2D eigenvalue weighted by Crippen LogP contribution is 2.41. The molecular weight excluding hydrogens is 148 g/mol. The maximum absolute atomic E-state index is 3.97. The van der Waals surface area contributed by atoms with Crippen molar-refractivity contribution in [3.8, 4) is 0 Å². The van der Waals surface area contributed by atoms with Crippen molar-refractivity contribution in [2.45, 2.75) is 20.3 Å². The summed E-state index contributed by atoms with van der Waals surface area (Å²) in [7, 11) is 0. The van der Waals surface area contributed by atoms with Crippen molar-refractivity contribution in [1.82, 2.24) is 10.2 Å². The second kappa shape index (κ2) is 2.77. The first kappa shape index (κ1) is 7.59. The van der Waals surface area contributed by atoms with Crippen LogP contribution in [0.4, 0.5) is 0 Å². The number of nitrogens with zero attached hydrogens (tertiary/aromatic N) is 1. The van der Waals surface area contributed by atoms with E-state index in [1.165, 1.54) is 17.0 Å². The summed E-state index contributed by atoms with van der Waals surface area (Å²) < 4.78 is 0. The summed E-state index contributed by atoms with van der Waals surface area (Å²) in [5.41, 5.74) is 0. The minimum absolute atomic E-state index is 0.827. The zero-order valence-corrected chi connectivity index (χ0v) is 7.54. The van der Waals surface area contributed by atoms with Crippen molar-refractivity contribution in [2.24, 2.45) is 11.8 Å². The van der Waals surface area contributed by atoms with Crippen LogP contribution in [-0.4, -0.2) is 10.2 Å². The van der Waals surface area contributed by atoms with Crippen LogP contribution in [0.3, 0.4) is 0 Å². The van der Waals surface area contributed by atoms with Crippen LogP contribution in [0.15, 0.2) is 6.20 Å². The average molecular weight is 162 g/mol. The summed E-state index contributed by atoms with van der Waals surface area (Å²) in [5.74, 6) is 1.66. The molecule has 2 heteroatoms. The van der Waals surface area contributed by atoms with Crippen LogP contribution < -0.4 is 10.6 Å². The molecule has 0 aromatic carbocycles. The second-order valence-corrected chi connectivity index (χ2v) is 3.14. The van der Waals surface area contributed by atoms with Gasteiger partial charge in [-0.3, -0.25) is 5.10 Å². The topological polar surface area (TPSA) is 28.7 Å². The molecule has 2 nitrogen and oxygen atoms in total. The molecule has 2 aliphatic carbocycles. The Morgan fingerprint density at radius 3 is 2.92 bits per heavy atom. The first-order chi connectivity index (χ1) is 5.93. The summed E-state index contributed by atoms with van der Waals surface area (Å²) in [6.07, 6.45) is 7.87. The quantitative estimate of drug-likeness (QED) is 0.596. The van der Waals surface area contributed by atoms with E-state index >= 15 is 0 Å². The number of rotatable bonds is 0. The first-order valence-corrected chi connectivity index (χ1v) is 4.66. The van der Waals surface area contributed by atoms with Crippen molar-refractivity contribution < 1.29 is 0 Å². The predicted octanol–water partition coefficient (Wildman–Crippen LogP) is 0.647. The molecule has 64 valence electrons. The van der Waals surface area contributed by atoms with Crippen LogP contribution in [-0.2, 0) is 0 Å². The molecule has 2 aliphatic rings. The number of aromatic amines is 1. The Morgan fingerprint density at radius 2 is 2.08 bits per heavy atom. The van der Waals surface area contributed by atoms with E-state index in [2.05, 4.69) is 22.3 Å². The highest BCUT2D eigenvalue weighted by molar-refractivity contribution is 5.47. The number of H-pyrrole nitrogens is 1. The molecule has 0 saturated heterocycles. The molecule has 1 N–H and O–H groups in total. The van der Waals surface area contributed by atoms with Crippen molar-refractivity contribution in [3.63, 3.8) is 0 Å². The third kappa shape index (κ3) is 1.07. The summed E-state index contributed by atoms with van der Waals surface area (Å²) in [6, 6.07) is 0. The molecule has 0 spiro atoms. The fourth-order valence-electron chi connectivity index (χ4n) is 1.64. The van der Waals surface area contributed by atoms with Gasteiger partial charge in [-0.05, 0) is 18.3 Å². The van der Waals surface area contributed by atoms with Crippen LogP contribution in [0.5, 0.6) is 0 Å². The van der Waals surface area contributed by atoms with Crippen molar-refractivity contribution >= 4 is 12.2 Å². The fourth-order valence-corrected chi connectivity index (χ4v) is 1.64. The van der Waals surface area contributed by atoms with E-state index < -0.39 is 0 Å². The lowest BCUT2D eigenvalue weighted by atomic mass is 10.2. The third-order valence-corrected chi connectivity index (χ3v) is 2.37. The van der Waals surface area contributed by atoms with Gasteiger partial charge in [-0.2, -0.15) is 5.10 Å². The Bertz CT molecular complexity index is 340. The van der Waals surface area contributed by atoms with Gasteiger partial charge in [0, 0.05) is 5.22 Å². The van der Waals surface area contributed by atoms with Crippen molar-refractivity contribution in [1.29, 1.82) is 0 Å². The Kier molecular flexibility index (Phi) is 1.75. The van der Waals surface area contributed by atoms with Gasteiger partial charge in [-0.15, -0.1) is 0 Å². The van der Waals surface area contributed by atoms with Gasteiger partial charge in [-0.1, -0.05) is 26.0 Å². The molecule has 1 aromatic rings. The number of nitrogens with one attached hydrogen (secondary N) is 1. The fraction of sp³-hybridized carbons (Fsp3) is 0.500. The number of aromatic nitrogens is 2. The maximum Gasteiger partial charge on any atom is 0.0610 e. The minimum Gasteiger partial charge on any atom is -0.278 e. The van der Waals surface area contributed by atoms with Crippen molar-refractivity contribution in [2.75, 3.05) is 0 Å². The molecule has 1 heterocycles. The molecule has 0 radical (unpaired) electrons. The van der Waals surface area contributed by atoms with E-state index in [1.807, 2.05) is 20.0 Å². The number of hydrogen-bond acceptors (Lipinski definition) is 1. The molecule has 0 amide bonds. The molecule has 0 aliphatic heterocycles. The predicted molar refractivity (Wildman–Crippen MR) is 49.7 cm³/mol. The lowest BCUT2D eigenvalue weighted by Gasteiger charge is -1.89. The molecular formula is C10H14N2. The SMILES string of the molecule is C1=c2cn[nH]c2=CC2CC12.CC. The molecule has 0 bridgehead atoms. The largest absolute Gasteiger partial charge is 0.278 e. The van der Waals surface area contributed by atoms with Crippen LogP contribution in [0.2, 0.25) is 0 Å². The van der Waals surface area contributed by atoms with E-state index in [9.17, 15) is 0 Å². The molecule has 2 unspecified atom stereocenters. The maximum atomic E-state index is 3.97. The monoisotopic (exact) mass is 162 g/mol. The Labute approximate surface area is 72.0 Å². The van der Waals surface area contributed by atoms with E-state index in [4.69, 9.17) is 0 Å². The van der Waals surface area contributed by atoms with Crippen LogP contribution in [0, 0.1) is 11.8 Å². The van der Waals surface area contributed by atoms with Gasteiger partial charge < -0.3 is 0 Å². The Hall–Kier alpha value is -1.05. The minimum atomic E-state index is 0.827. The summed E-state index contributed by atoms with van der Waals surface area (Å²) in [4.78, 5) is 0. The van der Waals surface area contributed by atoms with Gasteiger partial charge in [0.1, 0.15) is 0 Å². The Morgan fingerprint density at radius 1 is 1.33 bits per heavy atom. The van der Waals surface area contributed by atoms with Gasteiger partial charge in [0.15, 0.2) is 0 Å². The highest BCUT2D eigenvalue weighted by Gasteiger charge is 2.34. The van der Waals surface area contributed by atoms with E-state index in [1.54, 1.807) is 0 Å². The Balaban J connectivity index is 0.000000264. The zero-order valence-electron chi connectivity index (χ0n) is 7.54.